The molecule has 2 aromatic carbocycles. The minimum atomic E-state index is -0.217. The topological polar surface area (TPSA) is 12.5 Å². The van der Waals surface area contributed by atoms with Crippen molar-refractivity contribution < 1.29 is 9.13 Å². The maximum absolute atomic E-state index is 13.1. The van der Waals surface area contributed by atoms with Crippen molar-refractivity contribution in [2.45, 2.75) is 50.7 Å². The van der Waals surface area contributed by atoms with Crippen LogP contribution in [0.3, 0.4) is 0 Å². The van der Waals surface area contributed by atoms with Crippen molar-refractivity contribution in [1.82, 2.24) is 4.90 Å². The molecule has 0 spiro atoms. The Balaban J connectivity index is 1.42. The number of likely N-dealkylation sites (tertiary alicyclic amines) is 1. The lowest BCUT2D eigenvalue weighted by atomic mass is 9.91. The molecule has 1 aliphatic carbocycles. The van der Waals surface area contributed by atoms with Gasteiger partial charge in [-0.15, -0.1) is 0 Å². The molecule has 0 saturated carbocycles. The van der Waals surface area contributed by atoms with E-state index < -0.39 is 0 Å². The standard InChI is InChI=1S/C22H26FNO/c1-16(21-13-8-17-5-2-3-7-22(17)21)24-14-4-6-20(15-24)25-19-11-9-18(23)10-12-19/h2-3,5,7,9-12,16,20-21H,4,6,8,13-15H2,1H3/t16?,20-,21?/m0/s1. The van der Waals surface area contributed by atoms with Gasteiger partial charge in [0.05, 0.1) is 0 Å². The number of piperidine rings is 1. The van der Waals surface area contributed by atoms with Gasteiger partial charge in [-0.25, -0.2) is 4.39 Å². The molecule has 132 valence electrons. The normalized spacial score (nSPS) is 24.7. The maximum atomic E-state index is 13.1. The van der Waals surface area contributed by atoms with Gasteiger partial charge in [0.15, 0.2) is 0 Å². The minimum Gasteiger partial charge on any atom is -0.489 e. The van der Waals surface area contributed by atoms with Gasteiger partial charge < -0.3 is 4.74 Å². The lowest BCUT2D eigenvalue weighted by molar-refractivity contribution is 0.0580. The van der Waals surface area contributed by atoms with E-state index in [1.54, 1.807) is 12.1 Å². The first-order valence-corrected chi connectivity index (χ1v) is 9.45. The van der Waals surface area contributed by atoms with Gasteiger partial charge in [0.25, 0.3) is 0 Å². The van der Waals surface area contributed by atoms with Gasteiger partial charge in [-0.1, -0.05) is 24.3 Å². The van der Waals surface area contributed by atoms with Gasteiger partial charge in [0, 0.05) is 12.6 Å². The number of nitrogens with zero attached hydrogens (tertiary/aromatic N) is 1. The fourth-order valence-electron chi connectivity index (χ4n) is 4.48. The lowest BCUT2D eigenvalue weighted by Crippen LogP contribution is -2.47. The van der Waals surface area contributed by atoms with Crippen molar-refractivity contribution in [2.24, 2.45) is 0 Å². The van der Waals surface area contributed by atoms with Crippen LogP contribution in [0.25, 0.3) is 0 Å². The van der Waals surface area contributed by atoms with E-state index in [0.717, 1.165) is 31.7 Å². The molecule has 25 heavy (non-hydrogen) atoms. The fraction of sp³-hybridized carbons (Fsp3) is 0.455. The Kier molecular flexibility index (Phi) is 4.76. The summed E-state index contributed by atoms with van der Waals surface area (Å²) in [4.78, 5) is 2.59. The number of aryl methyl sites for hydroxylation is 1. The Bertz CT molecular complexity index is 714. The number of halogens is 1. The molecule has 1 saturated heterocycles. The molecule has 0 amide bonds. The minimum absolute atomic E-state index is 0.193. The summed E-state index contributed by atoms with van der Waals surface area (Å²) < 4.78 is 19.2. The molecule has 1 heterocycles. The van der Waals surface area contributed by atoms with Crippen molar-refractivity contribution in [3.8, 4) is 5.75 Å². The van der Waals surface area contributed by atoms with E-state index in [9.17, 15) is 4.39 Å². The highest BCUT2D eigenvalue weighted by Gasteiger charge is 2.33. The van der Waals surface area contributed by atoms with Gasteiger partial charge in [0.2, 0.25) is 0 Å². The third-order valence-corrected chi connectivity index (χ3v) is 5.86. The Morgan fingerprint density at radius 3 is 2.72 bits per heavy atom. The van der Waals surface area contributed by atoms with Gasteiger partial charge in [-0.3, -0.25) is 4.90 Å². The fourth-order valence-corrected chi connectivity index (χ4v) is 4.48. The molecule has 0 bridgehead atoms. The quantitative estimate of drug-likeness (QED) is 0.794. The summed E-state index contributed by atoms with van der Waals surface area (Å²) in [5, 5.41) is 0. The van der Waals surface area contributed by atoms with Crippen molar-refractivity contribution >= 4 is 0 Å². The van der Waals surface area contributed by atoms with Crippen LogP contribution in [0.2, 0.25) is 0 Å². The van der Waals surface area contributed by atoms with Crippen molar-refractivity contribution in [3.63, 3.8) is 0 Å². The summed E-state index contributed by atoms with van der Waals surface area (Å²) >= 11 is 0. The van der Waals surface area contributed by atoms with Crippen LogP contribution in [0, 0.1) is 5.82 Å². The molecule has 3 heteroatoms. The third kappa shape index (κ3) is 3.57. The molecule has 4 rings (SSSR count). The molecule has 2 unspecified atom stereocenters. The Hall–Kier alpha value is -1.87. The molecule has 1 aliphatic heterocycles. The predicted molar refractivity (Wildman–Crippen MR) is 98.6 cm³/mol. The second-order valence-corrected chi connectivity index (χ2v) is 7.42. The third-order valence-electron chi connectivity index (χ3n) is 5.86. The second kappa shape index (κ2) is 7.17. The van der Waals surface area contributed by atoms with Gasteiger partial charge >= 0.3 is 0 Å². The highest BCUT2D eigenvalue weighted by molar-refractivity contribution is 5.36. The van der Waals surface area contributed by atoms with Crippen LogP contribution in [0.15, 0.2) is 48.5 Å². The Morgan fingerprint density at radius 1 is 1.08 bits per heavy atom. The number of hydrogen-bond acceptors (Lipinski definition) is 2. The zero-order valence-corrected chi connectivity index (χ0v) is 14.8. The van der Waals surface area contributed by atoms with Crippen molar-refractivity contribution in [3.05, 3.63) is 65.5 Å². The summed E-state index contributed by atoms with van der Waals surface area (Å²) in [6.07, 6.45) is 4.87. The molecule has 1 fully saturated rings. The summed E-state index contributed by atoms with van der Waals surface area (Å²) in [7, 11) is 0. The second-order valence-electron chi connectivity index (χ2n) is 7.42. The molecule has 2 aromatic rings. The van der Waals surface area contributed by atoms with Crippen LogP contribution in [0.5, 0.6) is 5.75 Å². The molecule has 2 nitrogen and oxygen atoms in total. The zero-order valence-electron chi connectivity index (χ0n) is 14.8. The summed E-state index contributed by atoms with van der Waals surface area (Å²) in [5.74, 6) is 1.18. The lowest BCUT2D eigenvalue weighted by Gasteiger charge is -2.39. The number of fused-ring (bicyclic) bond motifs is 1. The van der Waals surface area contributed by atoms with Crippen molar-refractivity contribution in [1.29, 1.82) is 0 Å². The average Bonchev–Trinajstić information content (AvgIpc) is 3.07. The van der Waals surface area contributed by atoms with E-state index in [1.807, 2.05) is 0 Å². The summed E-state index contributed by atoms with van der Waals surface area (Å²) in [6.45, 7) is 4.47. The van der Waals surface area contributed by atoms with Gasteiger partial charge in [0.1, 0.15) is 17.7 Å². The van der Waals surface area contributed by atoms with Crippen LogP contribution in [-0.2, 0) is 6.42 Å². The van der Waals surface area contributed by atoms with Gasteiger partial charge in [-0.05, 0) is 80.5 Å². The summed E-state index contributed by atoms with van der Waals surface area (Å²) in [5.41, 5.74) is 3.06. The van der Waals surface area contributed by atoms with E-state index >= 15 is 0 Å². The molecular formula is C22H26FNO. The van der Waals surface area contributed by atoms with Crippen LogP contribution in [0.4, 0.5) is 4.39 Å². The van der Waals surface area contributed by atoms with Gasteiger partial charge in [-0.2, -0.15) is 0 Å². The van der Waals surface area contributed by atoms with E-state index in [4.69, 9.17) is 4.74 Å². The number of benzene rings is 2. The number of rotatable bonds is 4. The smallest absolute Gasteiger partial charge is 0.123 e. The number of hydrogen-bond donors (Lipinski definition) is 0. The van der Waals surface area contributed by atoms with E-state index in [2.05, 4.69) is 36.1 Å². The monoisotopic (exact) mass is 339 g/mol. The van der Waals surface area contributed by atoms with E-state index in [1.165, 1.54) is 36.1 Å². The first-order valence-electron chi connectivity index (χ1n) is 9.45. The van der Waals surface area contributed by atoms with Crippen molar-refractivity contribution in [2.75, 3.05) is 13.1 Å². The first-order chi connectivity index (χ1) is 12.2. The zero-order chi connectivity index (χ0) is 17.2. The molecule has 0 radical (unpaired) electrons. The molecule has 0 N–H and O–H groups in total. The van der Waals surface area contributed by atoms with Crippen LogP contribution < -0.4 is 4.74 Å². The maximum Gasteiger partial charge on any atom is 0.123 e. The highest BCUT2D eigenvalue weighted by atomic mass is 19.1. The highest BCUT2D eigenvalue weighted by Crippen LogP contribution is 2.38. The van der Waals surface area contributed by atoms with Crippen LogP contribution >= 0.6 is 0 Å². The molecule has 0 aromatic heterocycles. The van der Waals surface area contributed by atoms with E-state index in [-0.39, 0.29) is 11.9 Å². The first kappa shape index (κ1) is 16.6. The van der Waals surface area contributed by atoms with Crippen LogP contribution in [0.1, 0.15) is 43.2 Å². The number of ether oxygens (including phenoxy) is 1. The largest absolute Gasteiger partial charge is 0.489 e. The van der Waals surface area contributed by atoms with E-state index in [0.29, 0.717) is 12.0 Å². The molecule has 3 atom stereocenters. The average molecular weight is 339 g/mol. The Labute approximate surface area is 149 Å². The molecule has 2 aliphatic rings. The summed E-state index contributed by atoms with van der Waals surface area (Å²) in [6, 6.07) is 15.8. The molecular weight excluding hydrogens is 313 g/mol. The Morgan fingerprint density at radius 2 is 1.88 bits per heavy atom. The van der Waals surface area contributed by atoms with Crippen LogP contribution in [-0.4, -0.2) is 30.1 Å². The predicted octanol–water partition coefficient (Wildman–Crippen LogP) is 4.79. The SMILES string of the molecule is CC(C1CCc2ccccc21)N1CCC[C@H](Oc2ccc(F)cc2)C1.